The van der Waals surface area contributed by atoms with E-state index in [1.807, 2.05) is 11.4 Å². The molecule has 0 saturated carbocycles. The van der Waals surface area contributed by atoms with Crippen molar-refractivity contribution in [2.24, 2.45) is 0 Å². The molecule has 2 heterocycles. The van der Waals surface area contributed by atoms with Gasteiger partial charge in [0.05, 0.1) is 15.0 Å². The van der Waals surface area contributed by atoms with Crippen LogP contribution in [0.3, 0.4) is 0 Å². The lowest BCUT2D eigenvalue weighted by Crippen LogP contribution is -2.06. The molecule has 2 aromatic rings. The van der Waals surface area contributed by atoms with Crippen LogP contribution in [-0.4, -0.2) is 16.5 Å². The lowest BCUT2D eigenvalue weighted by Gasteiger charge is -2.11. The summed E-state index contributed by atoms with van der Waals surface area (Å²) in [5.74, 6) is 1.70. The predicted octanol–water partition coefficient (Wildman–Crippen LogP) is 4.35. The second kappa shape index (κ2) is 6.29. The van der Waals surface area contributed by atoms with Crippen molar-refractivity contribution in [2.45, 2.75) is 26.7 Å². The predicted molar refractivity (Wildman–Crippen MR) is 81.2 cm³/mol. The lowest BCUT2D eigenvalue weighted by atomic mass is 10.3. The molecule has 0 aromatic carbocycles. The third-order valence-electron chi connectivity index (χ3n) is 2.54. The standard InChI is InChI=1S/C13H16BrN3S/c1-3-7-15-13-11(14)9(4-2)16-12(17-13)10-6-5-8-18-10/h5-6,8H,3-4,7H2,1-2H3,(H,15,16,17). The number of halogens is 1. The smallest absolute Gasteiger partial charge is 0.171 e. The number of hydrogen-bond acceptors (Lipinski definition) is 4. The Balaban J connectivity index is 2.42. The van der Waals surface area contributed by atoms with Gasteiger partial charge in [-0.3, -0.25) is 0 Å². The Kier molecular flexibility index (Phi) is 4.72. The molecule has 0 bridgehead atoms. The van der Waals surface area contributed by atoms with E-state index >= 15 is 0 Å². The van der Waals surface area contributed by atoms with Gasteiger partial charge in [0, 0.05) is 6.54 Å². The largest absolute Gasteiger partial charge is 0.369 e. The molecule has 18 heavy (non-hydrogen) atoms. The van der Waals surface area contributed by atoms with Crippen LogP contribution in [0.2, 0.25) is 0 Å². The molecular formula is C13H16BrN3S. The second-order valence-corrected chi connectivity index (χ2v) is 5.65. The Bertz CT molecular complexity index is 511. The molecule has 96 valence electrons. The first-order chi connectivity index (χ1) is 8.76. The van der Waals surface area contributed by atoms with Crippen molar-refractivity contribution in [3.05, 3.63) is 27.7 Å². The molecule has 2 rings (SSSR count). The van der Waals surface area contributed by atoms with Crippen LogP contribution in [-0.2, 0) is 6.42 Å². The van der Waals surface area contributed by atoms with Crippen LogP contribution >= 0.6 is 27.3 Å². The fourth-order valence-electron chi connectivity index (χ4n) is 1.60. The van der Waals surface area contributed by atoms with Gasteiger partial charge in [0.25, 0.3) is 0 Å². The number of nitrogens with one attached hydrogen (secondary N) is 1. The molecule has 0 unspecified atom stereocenters. The summed E-state index contributed by atoms with van der Waals surface area (Å²) in [6.45, 7) is 5.17. The summed E-state index contributed by atoms with van der Waals surface area (Å²) in [7, 11) is 0. The van der Waals surface area contributed by atoms with Crippen molar-refractivity contribution in [3.63, 3.8) is 0 Å². The van der Waals surface area contributed by atoms with Crippen LogP contribution in [0, 0.1) is 0 Å². The maximum Gasteiger partial charge on any atom is 0.171 e. The molecule has 1 N–H and O–H groups in total. The summed E-state index contributed by atoms with van der Waals surface area (Å²) in [5, 5.41) is 5.39. The minimum Gasteiger partial charge on any atom is -0.369 e. The molecular weight excluding hydrogens is 310 g/mol. The molecule has 0 radical (unpaired) electrons. The highest BCUT2D eigenvalue weighted by Gasteiger charge is 2.12. The van der Waals surface area contributed by atoms with Gasteiger partial charge in [-0.25, -0.2) is 9.97 Å². The Morgan fingerprint density at radius 2 is 2.17 bits per heavy atom. The van der Waals surface area contributed by atoms with Gasteiger partial charge in [-0.05, 0) is 40.2 Å². The van der Waals surface area contributed by atoms with Crippen molar-refractivity contribution in [2.75, 3.05) is 11.9 Å². The number of nitrogens with zero attached hydrogens (tertiary/aromatic N) is 2. The molecule has 2 aromatic heterocycles. The number of hydrogen-bond donors (Lipinski definition) is 1. The topological polar surface area (TPSA) is 37.8 Å². The zero-order chi connectivity index (χ0) is 13.0. The number of thiophene rings is 1. The van der Waals surface area contributed by atoms with Crippen LogP contribution in [0.15, 0.2) is 22.0 Å². The van der Waals surface area contributed by atoms with Gasteiger partial charge in [0.15, 0.2) is 5.82 Å². The van der Waals surface area contributed by atoms with Crippen molar-refractivity contribution in [3.8, 4) is 10.7 Å². The van der Waals surface area contributed by atoms with Crippen molar-refractivity contribution in [1.82, 2.24) is 9.97 Å². The van der Waals surface area contributed by atoms with Gasteiger partial charge < -0.3 is 5.32 Å². The lowest BCUT2D eigenvalue weighted by molar-refractivity contribution is 0.945. The van der Waals surface area contributed by atoms with Crippen LogP contribution < -0.4 is 5.32 Å². The summed E-state index contributed by atoms with van der Waals surface area (Å²) in [6, 6.07) is 4.08. The summed E-state index contributed by atoms with van der Waals surface area (Å²) >= 11 is 5.25. The fraction of sp³-hybridized carbons (Fsp3) is 0.385. The number of aromatic nitrogens is 2. The number of aryl methyl sites for hydroxylation is 1. The monoisotopic (exact) mass is 325 g/mol. The third-order valence-corrected chi connectivity index (χ3v) is 4.24. The minimum absolute atomic E-state index is 0.809. The highest BCUT2D eigenvalue weighted by Crippen LogP contribution is 2.29. The Morgan fingerprint density at radius 1 is 1.33 bits per heavy atom. The average molecular weight is 326 g/mol. The molecule has 0 spiro atoms. The maximum absolute atomic E-state index is 4.61. The normalized spacial score (nSPS) is 10.6. The van der Waals surface area contributed by atoms with Crippen molar-refractivity contribution < 1.29 is 0 Å². The van der Waals surface area contributed by atoms with Crippen molar-refractivity contribution in [1.29, 1.82) is 0 Å². The van der Waals surface area contributed by atoms with Gasteiger partial charge >= 0.3 is 0 Å². The van der Waals surface area contributed by atoms with Crippen LogP contribution in [0.4, 0.5) is 5.82 Å². The van der Waals surface area contributed by atoms with E-state index in [2.05, 4.69) is 51.1 Å². The molecule has 5 heteroatoms. The molecule has 3 nitrogen and oxygen atoms in total. The van der Waals surface area contributed by atoms with E-state index < -0.39 is 0 Å². The quantitative estimate of drug-likeness (QED) is 0.887. The van der Waals surface area contributed by atoms with Crippen LogP contribution in [0.5, 0.6) is 0 Å². The minimum atomic E-state index is 0.809. The summed E-state index contributed by atoms with van der Waals surface area (Å²) < 4.78 is 0.985. The van der Waals surface area contributed by atoms with Gasteiger partial charge in [-0.1, -0.05) is 19.9 Å². The van der Waals surface area contributed by atoms with Gasteiger partial charge in [-0.2, -0.15) is 0 Å². The SMILES string of the molecule is CCCNc1nc(-c2cccs2)nc(CC)c1Br. The number of rotatable bonds is 5. The zero-order valence-corrected chi connectivity index (χ0v) is 12.9. The van der Waals surface area contributed by atoms with Crippen LogP contribution in [0.25, 0.3) is 10.7 Å². The molecule has 0 fully saturated rings. The average Bonchev–Trinajstić information content (AvgIpc) is 2.91. The van der Waals surface area contributed by atoms with Crippen molar-refractivity contribution >= 4 is 33.1 Å². The van der Waals surface area contributed by atoms with Gasteiger partial charge in [-0.15, -0.1) is 11.3 Å². The van der Waals surface area contributed by atoms with E-state index in [1.54, 1.807) is 11.3 Å². The Morgan fingerprint density at radius 3 is 2.78 bits per heavy atom. The van der Waals surface area contributed by atoms with E-state index in [4.69, 9.17) is 0 Å². The van der Waals surface area contributed by atoms with Gasteiger partial charge in [0.2, 0.25) is 0 Å². The van der Waals surface area contributed by atoms with E-state index in [0.29, 0.717) is 0 Å². The molecule has 0 atom stereocenters. The maximum atomic E-state index is 4.61. The van der Waals surface area contributed by atoms with E-state index in [-0.39, 0.29) is 0 Å². The van der Waals surface area contributed by atoms with E-state index in [9.17, 15) is 0 Å². The Labute approximate surface area is 120 Å². The van der Waals surface area contributed by atoms with E-state index in [1.165, 1.54) is 0 Å². The Hall–Kier alpha value is -0.940. The first-order valence-corrected chi connectivity index (χ1v) is 7.77. The molecule has 0 aliphatic rings. The fourth-order valence-corrected chi connectivity index (χ4v) is 2.86. The van der Waals surface area contributed by atoms with E-state index in [0.717, 1.165) is 46.1 Å². The molecule has 0 saturated heterocycles. The molecule has 0 aliphatic carbocycles. The zero-order valence-electron chi connectivity index (χ0n) is 10.5. The summed E-state index contributed by atoms with van der Waals surface area (Å²) in [6.07, 6.45) is 1.97. The highest BCUT2D eigenvalue weighted by atomic mass is 79.9. The van der Waals surface area contributed by atoms with Crippen LogP contribution in [0.1, 0.15) is 26.0 Å². The van der Waals surface area contributed by atoms with Gasteiger partial charge in [0.1, 0.15) is 5.82 Å². The first-order valence-electron chi connectivity index (χ1n) is 6.10. The third kappa shape index (κ3) is 2.90. The number of anilines is 1. The summed E-state index contributed by atoms with van der Waals surface area (Å²) in [4.78, 5) is 10.3. The first kappa shape index (κ1) is 13.5. The summed E-state index contributed by atoms with van der Waals surface area (Å²) in [5.41, 5.74) is 1.05. The molecule has 0 amide bonds. The highest BCUT2D eigenvalue weighted by molar-refractivity contribution is 9.10. The second-order valence-electron chi connectivity index (χ2n) is 3.91. The molecule has 0 aliphatic heterocycles.